The molecule has 2 amide bonds. The first kappa shape index (κ1) is 25.6. The van der Waals surface area contributed by atoms with Gasteiger partial charge in [-0.25, -0.2) is 4.98 Å². The monoisotopic (exact) mass is 519 g/mol. The van der Waals surface area contributed by atoms with E-state index in [9.17, 15) is 22.8 Å². The van der Waals surface area contributed by atoms with Gasteiger partial charge >= 0.3 is 6.36 Å². The third-order valence-electron chi connectivity index (χ3n) is 7.54. The quantitative estimate of drug-likeness (QED) is 0.494. The lowest BCUT2D eigenvalue weighted by Gasteiger charge is -2.25. The number of nitrogens with zero attached hydrogens (tertiary/aromatic N) is 4. The van der Waals surface area contributed by atoms with Crippen LogP contribution in [0.15, 0.2) is 36.8 Å². The maximum absolute atomic E-state index is 13.4. The van der Waals surface area contributed by atoms with Gasteiger partial charge in [-0.05, 0) is 61.1 Å². The molecule has 8 nitrogen and oxygen atoms in total. The molecule has 2 unspecified atom stereocenters. The fourth-order valence-electron chi connectivity index (χ4n) is 5.32. The van der Waals surface area contributed by atoms with Gasteiger partial charge in [0.15, 0.2) is 0 Å². The Morgan fingerprint density at radius 1 is 1.22 bits per heavy atom. The van der Waals surface area contributed by atoms with Gasteiger partial charge in [-0.2, -0.15) is 0 Å². The molecule has 2 saturated carbocycles. The SMILES string of the molecule is CCn1cnc(C(=O)N(Cc2cccc(OC(F)(F)F)c2)CC2C3CN(CC(=O)NCC4CC4)CC32)c1. The highest BCUT2D eigenvalue weighted by Crippen LogP contribution is 2.52. The highest BCUT2D eigenvalue weighted by Gasteiger charge is 2.56. The van der Waals surface area contributed by atoms with Crippen LogP contribution in [-0.2, 0) is 17.9 Å². The summed E-state index contributed by atoms with van der Waals surface area (Å²) in [6.07, 6.45) is 0.898. The van der Waals surface area contributed by atoms with Crippen molar-refractivity contribution >= 4 is 11.8 Å². The minimum atomic E-state index is -4.78. The first-order valence-electron chi connectivity index (χ1n) is 12.8. The number of hydrogen-bond acceptors (Lipinski definition) is 5. The largest absolute Gasteiger partial charge is 0.573 e. The second-order valence-electron chi connectivity index (χ2n) is 10.4. The number of halogens is 3. The fourth-order valence-corrected chi connectivity index (χ4v) is 5.32. The van der Waals surface area contributed by atoms with Gasteiger partial charge in [0.05, 0.1) is 12.9 Å². The van der Waals surface area contributed by atoms with Gasteiger partial charge < -0.3 is 19.5 Å². The average molecular weight is 520 g/mol. The maximum atomic E-state index is 13.4. The number of carbonyl (C=O) groups excluding carboxylic acids is 2. The molecule has 1 saturated heterocycles. The molecule has 2 atom stereocenters. The van der Waals surface area contributed by atoms with Crippen molar-refractivity contribution in [2.45, 2.75) is 39.2 Å². The van der Waals surface area contributed by atoms with Crippen LogP contribution in [0.2, 0.25) is 0 Å². The molecule has 0 spiro atoms. The number of nitrogens with one attached hydrogen (secondary N) is 1. The molecule has 2 aromatic rings. The molecule has 11 heteroatoms. The number of ether oxygens (including phenoxy) is 1. The van der Waals surface area contributed by atoms with Gasteiger partial charge in [-0.3, -0.25) is 14.5 Å². The summed E-state index contributed by atoms with van der Waals surface area (Å²) in [6.45, 7) is 6.05. The lowest BCUT2D eigenvalue weighted by Crippen LogP contribution is -2.39. The Morgan fingerprint density at radius 3 is 2.62 bits per heavy atom. The number of piperidine rings is 1. The van der Waals surface area contributed by atoms with Crippen molar-refractivity contribution in [3.05, 3.63) is 48.0 Å². The van der Waals surface area contributed by atoms with Crippen molar-refractivity contribution in [3.8, 4) is 5.75 Å². The molecular formula is C26H32F3N5O3. The standard InChI is InChI=1S/C26H32F3N5O3/c1-2-32-14-23(31-16-32)25(36)34(10-18-4-3-5-19(8-18)37-26(27,28)29)13-22-20-11-33(12-21(20)22)15-24(35)30-9-17-6-7-17/h3-5,8,14,16-17,20-22H,2,6-7,9-13,15H2,1H3,(H,30,35). The summed E-state index contributed by atoms with van der Waals surface area (Å²) in [6, 6.07) is 5.73. The lowest BCUT2D eigenvalue weighted by molar-refractivity contribution is -0.274. The number of aryl methyl sites for hydroxylation is 1. The number of hydrogen-bond donors (Lipinski definition) is 1. The van der Waals surface area contributed by atoms with Crippen LogP contribution in [0, 0.1) is 23.7 Å². The topological polar surface area (TPSA) is 79.7 Å². The number of aromatic nitrogens is 2. The van der Waals surface area contributed by atoms with E-state index in [2.05, 4.69) is 19.9 Å². The van der Waals surface area contributed by atoms with Crippen molar-refractivity contribution in [2.75, 3.05) is 32.7 Å². The van der Waals surface area contributed by atoms with E-state index in [1.807, 2.05) is 6.92 Å². The van der Waals surface area contributed by atoms with Gasteiger partial charge in [0, 0.05) is 45.5 Å². The number of amides is 2. The van der Waals surface area contributed by atoms with Crippen molar-refractivity contribution in [3.63, 3.8) is 0 Å². The van der Waals surface area contributed by atoms with Gasteiger partial charge in [0.1, 0.15) is 11.4 Å². The summed E-state index contributed by atoms with van der Waals surface area (Å²) in [5.41, 5.74) is 0.856. The Bertz CT molecular complexity index is 1120. The second-order valence-corrected chi connectivity index (χ2v) is 10.4. The molecule has 1 aromatic carbocycles. The Kier molecular flexibility index (Phi) is 7.15. The first-order valence-corrected chi connectivity index (χ1v) is 12.8. The van der Waals surface area contributed by atoms with Gasteiger partial charge in [-0.1, -0.05) is 12.1 Å². The van der Waals surface area contributed by atoms with Crippen LogP contribution in [-0.4, -0.2) is 70.3 Å². The highest BCUT2D eigenvalue weighted by molar-refractivity contribution is 5.92. The Morgan fingerprint density at radius 2 is 1.97 bits per heavy atom. The normalized spacial score (nSPS) is 23.0. The van der Waals surface area contributed by atoms with E-state index in [0.29, 0.717) is 48.6 Å². The molecule has 1 aliphatic heterocycles. The Balaban J connectivity index is 1.22. The Hall–Kier alpha value is -3.08. The van der Waals surface area contributed by atoms with E-state index in [1.165, 1.54) is 31.0 Å². The van der Waals surface area contributed by atoms with E-state index in [4.69, 9.17) is 0 Å². The summed E-state index contributed by atoms with van der Waals surface area (Å²) < 4.78 is 44.0. The van der Waals surface area contributed by atoms with E-state index in [1.54, 1.807) is 28.1 Å². The molecule has 200 valence electrons. The van der Waals surface area contributed by atoms with Gasteiger partial charge in [0.25, 0.3) is 5.91 Å². The first-order chi connectivity index (χ1) is 17.7. The van der Waals surface area contributed by atoms with Crippen molar-refractivity contribution < 1.29 is 27.5 Å². The van der Waals surface area contributed by atoms with Crippen LogP contribution in [0.1, 0.15) is 35.8 Å². The third kappa shape index (κ3) is 6.63. The predicted molar refractivity (Wildman–Crippen MR) is 128 cm³/mol. The van der Waals surface area contributed by atoms with Crippen LogP contribution in [0.25, 0.3) is 0 Å². The molecule has 2 aliphatic carbocycles. The molecule has 1 N–H and O–H groups in total. The summed E-state index contributed by atoms with van der Waals surface area (Å²) in [5.74, 6) is 1.24. The summed E-state index contributed by atoms with van der Waals surface area (Å²) in [7, 11) is 0. The highest BCUT2D eigenvalue weighted by atomic mass is 19.4. The van der Waals surface area contributed by atoms with Crippen LogP contribution < -0.4 is 10.1 Å². The number of alkyl halides is 3. The lowest BCUT2D eigenvalue weighted by atomic mass is 10.1. The molecule has 1 aromatic heterocycles. The van der Waals surface area contributed by atoms with Crippen LogP contribution in [0.3, 0.4) is 0 Å². The number of rotatable bonds is 11. The molecule has 3 fully saturated rings. The van der Waals surface area contributed by atoms with Gasteiger partial charge in [0.2, 0.25) is 5.91 Å². The van der Waals surface area contributed by atoms with Crippen molar-refractivity contribution in [2.24, 2.45) is 23.7 Å². The third-order valence-corrected chi connectivity index (χ3v) is 7.54. The summed E-state index contributed by atoms with van der Waals surface area (Å²) >= 11 is 0. The molecule has 5 rings (SSSR count). The molecule has 3 aliphatic rings. The molecular weight excluding hydrogens is 487 g/mol. The van der Waals surface area contributed by atoms with Crippen LogP contribution in [0.5, 0.6) is 5.75 Å². The Labute approximate surface area is 213 Å². The summed E-state index contributed by atoms with van der Waals surface area (Å²) in [4.78, 5) is 33.7. The van der Waals surface area contributed by atoms with Crippen molar-refractivity contribution in [1.29, 1.82) is 0 Å². The number of benzene rings is 1. The predicted octanol–water partition coefficient (Wildman–Crippen LogP) is 3.15. The number of fused-ring (bicyclic) bond motifs is 1. The minimum Gasteiger partial charge on any atom is -0.406 e. The van der Waals surface area contributed by atoms with Gasteiger partial charge in [-0.15, -0.1) is 13.2 Å². The zero-order chi connectivity index (χ0) is 26.2. The molecule has 0 bridgehead atoms. The zero-order valence-electron chi connectivity index (χ0n) is 20.8. The molecule has 2 heterocycles. The van der Waals surface area contributed by atoms with E-state index in [-0.39, 0.29) is 30.0 Å². The zero-order valence-corrected chi connectivity index (χ0v) is 20.8. The van der Waals surface area contributed by atoms with Crippen LogP contribution >= 0.6 is 0 Å². The van der Waals surface area contributed by atoms with E-state index < -0.39 is 6.36 Å². The number of imidazole rings is 1. The molecule has 0 radical (unpaired) electrons. The number of carbonyl (C=O) groups is 2. The molecule has 37 heavy (non-hydrogen) atoms. The van der Waals surface area contributed by atoms with Crippen molar-refractivity contribution in [1.82, 2.24) is 24.7 Å². The average Bonchev–Trinajstić information content (AvgIpc) is 3.66. The smallest absolute Gasteiger partial charge is 0.406 e. The number of likely N-dealkylation sites (tertiary alicyclic amines) is 1. The fraction of sp³-hybridized carbons (Fsp3) is 0.577. The summed E-state index contributed by atoms with van der Waals surface area (Å²) in [5, 5.41) is 3.01. The van der Waals surface area contributed by atoms with E-state index in [0.717, 1.165) is 19.6 Å². The van der Waals surface area contributed by atoms with E-state index >= 15 is 0 Å². The minimum absolute atomic E-state index is 0.0639. The second kappa shape index (κ2) is 10.4. The maximum Gasteiger partial charge on any atom is 0.573 e. The van der Waals surface area contributed by atoms with Crippen LogP contribution in [0.4, 0.5) is 13.2 Å².